The minimum absolute atomic E-state index is 0.0451. The van der Waals surface area contributed by atoms with Crippen molar-refractivity contribution >= 4 is 52.4 Å². The van der Waals surface area contributed by atoms with Crippen LogP contribution in [0.3, 0.4) is 0 Å². The quantitative estimate of drug-likeness (QED) is 0.496. The van der Waals surface area contributed by atoms with Crippen molar-refractivity contribution in [2.75, 3.05) is 19.0 Å². The highest BCUT2D eigenvalue weighted by Gasteiger charge is 2.49. The summed E-state index contributed by atoms with van der Waals surface area (Å²) in [6.45, 7) is 0.221. The summed E-state index contributed by atoms with van der Waals surface area (Å²) in [5.41, 5.74) is 0.773. The van der Waals surface area contributed by atoms with Crippen LogP contribution in [0, 0.1) is 11.8 Å². The van der Waals surface area contributed by atoms with E-state index in [2.05, 4.69) is 5.32 Å². The van der Waals surface area contributed by atoms with Crippen molar-refractivity contribution in [3.05, 3.63) is 52.4 Å². The van der Waals surface area contributed by atoms with Gasteiger partial charge < -0.3 is 19.4 Å². The first kappa shape index (κ1) is 24.9. The van der Waals surface area contributed by atoms with Crippen molar-refractivity contribution < 1.29 is 23.5 Å². The molecule has 10 heteroatoms. The van der Waals surface area contributed by atoms with E-state index in [-0.39, 0.29) is 48.3 Å². The Kier molecular flexibility index (Phi) is 8.06. The van der Waals surface area contributed by atoms with E-state index in [0.29, 0.717) is 22.3 Å². The molecule has 2 fully saturated rings. The van der Waals surface area contributed by atoms with Gasteiger partial charge in [-0.2, -0.15) is 0 Å². The van der Waals surface area contributed by atoms with Gasteiger partial charge in [-0.25, -0.2) is 0 Å². The van der Waals surface area contributed by atoms with E-state index in [9.17, 15) is 14.4 Å². The number of likely N-dealkylation sites (tertiary alicyclic amines) is 1. The van der Waals surface area contributed by atoms with Crippen molar-refractivity contribution in [3.63, 3.8) is 0 Å². The SMILES string of the molecule is O=C(CCl)[C@H](Cc1ccoc1)NC(=O)[C@@H]1[C@H]2CCC[C@H]2CN1C(=O)COc1ccc(Cl)cc1Cl. The average Bonchev–Trinajstić information content (AvgIpc) is 3.54. The van der Waals surface area contributed by atoms with Crippen LogP contribution in [0.5, 0.6) is 5.75 Å². The maximum Gasteiger partial charge on any atom is 0.261 e. The second-order valence-corrected chi connectivity index (χ2v) is 9.82. The van der Waals surface area contributed by atoms with Gasteiger partial charge in [0.05, 0.1) is 29.5 Å². The van der Waals surface area contributed by atoms with Gasteiger partial charge in [0.1, 0.15) is 11.8 Å². The van der Waals surface area contributed by atoms with E-state index in [4.69, 9.17) is 44.0 Å². The molecule has 1 saturated carbocycles. The fourth-order valence-electron chi connectivity index (χ4n) is 4.95. The first-order chi connectivity index (χ1) is 16.4. The van der Waals surface area contributed by atoms with Crippen LogP contribution in [0.4, 0.5) is 0 Å². The highest BCUT2D eigenvalue weighted by atomic mass is 35.5. The molecule has 2 aromatic rings. The largest absolute Gasteiger partial charge is 0.482 e. The molecule has 1 aliphatic carbocycles. The number of halogens is 3. The van der Waals surface area contributed by atoms with E-state index in [1.807, 2.05) is 0 Å². The van der Waals surface area contributed by atoms with Gasteiger partial charge in [0.15, 0.2) is 12.4 Å². The fraction of sp³-hybridized carbons (Fsp3) is 0.458. The minimum Gasteiger partial charge on any atom is -0.482 e. The third kappa shape index (κ3) is 5.53. The molecule has 34 heavy (non-hydrogen) atoms. The zero-order chi connectivity index (χ0) is 24.2. The van der Waals surface area contributed by atoms with Gasteiger partial charge in [0.25, 0.3) is 5.91 Å². The number of furan rings is 1. The second kappa shape index (κ2) is 11.0. The molecule has 0 radical (unpaired) electrons. The number of benzene rings is 1. The highest BCUT2D eigenvalue weighted by Crippen LogP contribution is 2.42. The molecule has 1 aromatic heterocycles. The minimum atomic E-state index is -0.802. The van der Waals surface area contributed by atoms with E-state index < -0.39 is 12.1 Å². The Morgan fingerprint density at radius 1 is 1.21 bits per heavy atom. The van der Waals surface area contributed by atoms with Crippen molar-refractivity contribution in [1.82, 2.24) is 10.2 Å². The molecule has 1 aromatic carbocycles. The van der Waals surface area contributed by atoms with Gasteiger partial charge in [-0.05, 0) is 54.5 Å². The zero-order valence-electron chi connectivity index (χ0n) is 18.3. The maximum atomic E-state index is 13.4. The number of fused-ring (bicyclic) bond motifs is 1. The standard InChI is InChI=1S/C24H25Cl3N2O5/c25-10-20(30)19(8-14-6-7-33-12-14)28-24(32)23-17-3-1-2-15(17)11-29(23)22(31)13-34-21-5-4-16(26)9-18(21)27/h4-7,9,12,15,17,19,23H,1-3,8,10-11,13H2,(H,28,32)/t15-,17-,19-,23-/m0/s1. The number of amides is 2. The third-order valence-corrected chi connectivity index (χ3v) is 7.38. The number of nitrogens with one attached hydrogen (secondary N) is 1. The topological polar surface area (TPSA) is 88.9 Å². The van der Waals surface area contributed by atoms with E-state index >= 15 is 0 Å². The number of hydrogen-bond donors (Lipinski definition) is 1. The molecular weight excluding hydrogens is 503 g/mol. The zero-order valence-corrected chi connectivity index (χ0v) is 20.6. The summed E-state index contributed by atoms with van der Waals surface area (Å²) in [4.78, 5) is 40.6. The smallest absolute Gasteiger partial charge is 0.261 e. The number of nitrogens with zero attached hydrogens (tertiary/aromatic N) is 1. The molecule has 4 rings (SSSR count). The lowest BCUT2D eigenvalue weighted by Gasteiger charge is -2.28. The first-order valence-electron chi connectivity index (χ1n) is 11.1. The second-order valence-electron chi connectivity index (χ2n) is 8.71. The Hall–Kier alpha value is -2.22. The van der Waals surface area contributed by atoms with Crippen molar-refractivity contribution in [1.29, 1.82) is 0 Å². The Balaban J connectivity index is 1.47. The molecule has 0 unspecified atom stereocenters. The molecule has 2 amide bonds. The molecule has 1 N–H and O–H groups in total. The first-order valence-corrected chi connectivity index (χ1v) is 12.4. The molecular formula is C24H25Cl3N2O5. The Bertz CT molecular complexity index is 1050. The van der Waals surface area contributed by atoms with Gasteiger partial charge in [-0.1, -0.05) is 29.6 Å². The van der Waals surface area contributed by atoms with Crippen LogP contribution in [0.1, 0.15) is 24.8 Å². The predicted molar refractivity (Wildman–Crippen MR) is 128 cm³/mol. The molecule has 4 atom stereocenters. The summed E-state index contributed by atoms with van der Waals surface area (Å²) in [6.07, 6.45) is 6.12. The molecule has 0 spiro atoms. The number of ether oxygens (including phenoxy) is 1. The van der Waals surface area contributed by atoms with Crippen molar-refractivity contribution in [2.45, 2.75) is 37.8 Å². The van der Waals surface area contributed by atoms with Gasteiger partial charge in [-0.15, -0.1) is 11.6 Å². The number of hydrogen-bond acceptors (Lipinski definition) is 5. The number of ketones is 1. The number of carbonyl (C=O) groups is 3. The summed E-state index contributed by atoms with van der Waals surface area (Å²) in [5, 5.41) is 3.61. The predicted octanol–water partition coefficient (Wildman–Crippen LogP) is 4.13. The molecule has 7 nitrogen and oxygen atoms in total. The van der Waals surface area contributed by atoms with Crippen LogP contribution in [-0.2, 0) is 20.8 Å². The van der Waals surface area contributed by atoms with Crippen molar-refractivity contribution in [3.8, 4) is 5.75 Å². The molecule has 0 bridgehead atoms. The Labute approximate surface area is 212 Å². The number of alkyl halides is 1. The summed E-state index contributed by atoms with van der Waals surface area (Å²) < 4.78 is 10.7. The number of rotatable bonds is 9. The fourth-order valence-corrected chi connectivity index (χ4v) is 5.60. The molecule has 1 aliphatic heterocycles. The number of carbonyl (C=O) groups excluding carboxylic acids is 3. The van der Waals surface area contributed by atoms with E-state index in [1.165, 1.54) is 18.6 Å². The van der Waals surface area contributed by atoms with Gasteiger partial charge in [0, 0.05) is 18.0 Å². The summed E-state index contributed by atoms with van der Waals surface area (Å²) in [6, 6.07) is 5.02. The molecule has 1 saturated heterocycles. The third-order valence-electron chi connectivity index (χ3n) is 6.58. The summed E-state index contributed by atoms with van der Waals surface area (Å²) in [7, 11) is 0. The van der Waals surface area contributed by atoms with Crippen LogP contribution < -0.4 is 10.1 Å². The lowest BCUT2D eigenvalue weighted by Crippen LogP contribution is -2.54. The Morgan fingerprint density at radius 3 is 2.74 bits per heavy atom. The van der Waals surface area contributed by atoms with Gasteiger partial charge in [0.2, 0.25) is 5.91 Å². The van der Waals surface area contributed by atoms with Gasteiger partial charge >= 0.3 is 0 Å². The highest BCUT2D eigenvalue weighted by molar-refractivity contribution is 6.35. The molecule has 182 valence electrons. The van der Waals surface area contributed by atoms with Gasteiger partial charge in [-0.3, -0.25) is 14.4 Å². The average molecular weight is 528 g/mol. The van der Waals surface area contributed by atoms with Crippen molar-refractivity contribution in [2.24, 2.45) is 11.8 Å². The van der Waals surface area contributed by atoms with E-state index in [0.717, 1.165) is 24.8 Å². The molecule has 2 heterocycles. The summed E-state index contributed by atoms with van der Waals surface area (Å²) >= 11 is 17.8. The summed E-state index contributed by atoms with van der Waals surface area (Å²) in [5.74, 6) is -0.547. The monoisotopic (exact) mass is 526 g/mol. The normalized spacial score (nSPS) is 22.3. The van der Waals surface area contributed by atoms with Crippen LogP contribution in [0.25, 0.3) is 0 Å². The van der Waals surface area contributed by atoms with E-state index in [1.54, 1.807) is 23.1 Å². The molecule has 2 aliphatic rings. The lowest BCUT2D eigenvalue weighted by atomic mass is 9.93. The van der Waals surface area contributed by atoms with Crippen LogP contribution in [0.2, 0.25) is 10.0 Å². The van der Waals surface area contributed by atoms with Crippen LogP contribution in [-0.4, -0.2) is 53.6 Å². The number of Topliss-reactive ketones (excluding diaryl/α,β-unsaturated/α-hetero) is 1. The lowest BCUT2D eigenvalue weighted by molar-refractivity contribution is -0.141. The van der Waals surface area contributed by atoms with Crippen LogP contribution in [0.15, 0.2) is 41.2 Å². The van der Waals surface area contributed by atoms with Crippen LogP contribution >= 0.6 is 34.8 Å². The Morgan fingerprint density at radius 2 is 2.03 bits per heavy atom. The maximum absolute atomic E-state index is 13.4.